The van der Waals surface area contributed by atoms with Crippen molar-refractivity contribution in [2.45, 2.75) is 0 Å². The largest absolute Gasteiger partial charge is 0.465 e. The van der Waals surface area contributed by atoms with Crippen LogP contribution in [0.2, 0.25) is 0 Å². The predicted octanol–water partition coefficient (Wildman–Crippen LogP) is 0.952. The Balaban J connectivity index is 2.22. The van der Waals surface area contributed by atoms with E-state index in [-0.39, 0.29) is 18.8 Å². The summed E-state index contributed by atoms with van der Waals surface area (Å²) < 4.78 is 9.54. The summed E-state index contributed by atoms with van der Waals surface area (Å²) in [7, 11) is 1.26. The standard InChI is InChI=1S/C13H12N2O4/c1-18-11(16)9-4-2-3-5-10(9)15-12(17)13(6-14)7-19-8-13/h2-5H,7-8H2,1H3,(H,15,17). The van der Waals surface area contributed by atoms with E-state index >= 15 is 0 Å². The van der Waals surface area contributed by atoms with Gasteiger partial charge < -0.3 is 14.8 Å². The molecule has 6 nitrogen and oxygen atoms in total. The number of ether oxygens (including phenoxy) is 2. The Hall–Kier alpha value is -2.39. The minimum absolute atomic E-state index is 0.0652. The highest BCUT2D eigenvalue weighted by Crippen LogP contribution is 2.29. The normalized spacial score (nSPS) is 15.8. The summed E-state index contributed by atoms with van der Waals surface area (Å²) in [5, 5.41) is 11.6. The monoisotopic (exact) mass is 260 g/mol. The van der Waals surface area contributed by atoms with E-state index in [1.165, 1.54) is 13.2 Å². The van der Waals surface area contributed by atoms with Gasteiger partial charge in [-0.25, -0.2) is 4.79 Å². The number of esters is 1. The Morgan fingerprint density at radius 3 is 2.63 bits per heavy atom. The van der Waals surface area contributed by atoms with E-state index in [4.69, 9.17) is 10.00 Å². The van der Waals surface area contributed by atoms with E-state index in [2.05, 4.69) is 10.1 Å². The van der Waals surface area contributed by atoms with E-state index in [0.717, 1.165) is 0 Å². The lowest BCUT2D eigenvalue weighted by Gasteiger charge is -2.33. The summed E-state index contributed by atoms with van der Waals surface area (Å²) in [6.07, 6.45) is 0. The van der Waals surface area contributed by atoms with Gasteiger partial charge in [-0.05, 0) is 12.1 Å². The van der Waals surface area contributed by atoms with Crippen LogP contribution in [0.4, 0.5) is 5.69 Å². The average molecular weight is 260 g/mol. The molecule has 1 aromatic carbocycles. The smallest absolute Gasteiger partial charge is 0.339 e. The highest BCUT2D eigenvalue weighted by molar-refractivity contribution is 6.04. The number of para-hydroxylation sites is 1. The zero-order valence-corrected chi connectivity index (χ0v) is 10.3. The summed E-state index contributed by atoms with van der Waals surface area (Å²) in [5.41, 5.74) is -0.601. The van der Waals surface area contributed by atoms with Gasteiger partial charge in [0.05, 0.1) is 37.6 Å². The van der Waals surface area contributed by atoms with Crippen LogP contribution in [0.25, 0.3) is 0 Å². The molecule has 1 aromatic rings. The molecule has 1 amide bonds. The van der Waals surface area contributed by atoms with Crippen molar-refractivity contribution in [1.82, 2.24) is 0 Å². The number of nitriles is 1. The van der Waals surface area contributed by atoms with E-state index in [1.54, 1.807) is 18.2 Å². The van der Waals surface area contributed by atoms with Crippen LogP contribution in [0, 0.1) is 16.7 Å². The molecule has 1 N–H and O–H groups in total. The molecule has 0 saturated carbocycles. The Morgan fingerprint density at radius 2 is 2.11 bits per heavy atom. The van der Waals surface area contributed by atoms with Crippen LogP contribution in [0.15, 0.2) is 24.3 Å². The van der Waals surface area contributed by atoms with Gasteiger partial charge in [0.15, 0.2) is 5.41 Å². The number of carbonyl (C=O) groups excluding carboxylic acids is 2. The van der Waals surface area contributed by atoms with Crippen LogP contribution in [0.3, 0.4) is 0 Å². The molecule has 0 radical (unpaired) electrons. The van der Waals surface area contributed by atoms with Gasteiger partial charge in [-0.1, -0.05) is 12.1 Å². The Kier molecular flexibility index (Phi) is 3.49. The van der Waals surface area contributed by atoms with Crippen molar-refractivity contribution < 1.29 is 19.1 Å². The molecule has 1 saturated heterocycles. The highest BCUT2D eigenvalue weighted by atomic mass is 16.5. The second-order valence-electron chi connectivity index (χ2n) is 4.18. The molecular weight excluding hydrogens is 248 g/mol. The second kappa shape index (κ2) is 5.08. The predicted molar refractivity (Wildman–Crippen MR) is 65.3 cm³/mol. The number of nitrogens with zero attached hydrogens (tertiary/aromatic N) is 1. The minimum atomic E-state index is -1.16. The van der Waals surface area contributed by atoms with Crippen LogP contribution in [-0.4, -0.2) is 32.2 Å². The molecule has 0 spiro atoms. The lowest BCUT2D eigenvalue weighted by molar-refractivity contribution is -0.144. The maximum absolute atomic E-state index is 12.0. The van der Waals surface area contributed by atoms with E-state index in [9.17, 15) is 9.59 Å². The van der Waals surface area contributed by atoms with Crippen LogP contribution < -0.4 is 5.32 Å². The first-order valence-corrected chi connectivity index (χ1v) is 5.61. The highest BCUT2D eigenvalue weighted by Gasteiger charge is 2.46. The van der Waals surface area contributed by atoms with Crippen molar-refractivity contribution in [3.63, 3.8) is 0 Å². The minimum Gasteiger partial charge on any atom is -0.465 e. The zero-order valence-electron chi connectivity index (χ0n) is 10.3. The first kappa shape index (κ1) is 13.1. The molecule has 98 valence electrons. The van der Waals surface area contributed by atoms with Crippen molar-refractivity contribution in [2.75, 3.05) is 25.6 Å². The molecule has 0 unspecified atom stereocenters. The fourth-order valence-electron chi connectivity index (χ4n) is 1.67. The van der Waals surface area contributed by atoms with Gasteiger partial charge in [0.1, 0.15) is 0 Å². The van der Waals surface area contributed by atoms with Crippen LogP contribution in [0.5, 0.6) is 0 Å². The Bertz CT molecular complexity index is 558. The lowest BCUT2D eigenvalue weighted by atomic mass is 9.86. The first-order chi connectivity index (χ1) is 9.13. The summed E-state index contributed by atoms with van der Waals surface area (Å²) in [4.78, 5) is 23.6. The number of hydrogen-bond acceptors (Lipinski definition) is 5. The molecule has 1 heterocycles. The number of nitrogens with one attached hydrogen (secondary N) is 1. The topological polar surface area (TPSA) is 88.4 Å². The molecule has 19 heavy (non-hydrogen) atoms. The van der Waals surface area contributed by atoms with Gasteiger partial charge in [-0.3, -0.25) is 4.79 Å². The third kappa shape index (κ3) is 2.28. The molecule has 1 aliphatic rings. The number of benzene rings is 1. The SMILES string of the molecule is COC(=O)c1ccccc1NC(=O)C1(C#N)COC1. The van der Waals surface area contributed by atoms with E-state index in [0.29, 0.717) is 5.69 Å². The molecule has 0 aliphatic carbocycles. The average Bonchev–Trinajstić information content (AvgIpc) is 2.38. The molecule has 6 heteroatoms. The number of carbonyl (C=O) groups is 2. The van der Waals surface area contributed by atoms with Gasteiger partial charge in [-0.2, -0.15) is 5.26 Å². The maximum atomic E-state index is 12.0. The molecule has 0 atom stereocenters. The molecular formula is C13H12N2O4. The van der Waals surface area contributed by atoms with Crippen molar-refractivity contribution in [2.24, 2.45) is 5.41 Å². The number of rotatable bonds is 3. The van der Waals surface area contributed by atoms with Crippen molar-refractivity contribution in [3.05, 3.63) is 29.8 Å². The number of methoxy groups -OCH3 is 1. The lowest BCUT2D eigenvalue weighted by Crippen LogP contribution is -2.50. The second-order valence-corrected chi connectivity index (χ2v) is 4.18. The number of amides is 1. The van der Waals surface area contributed by atoms with Crippen molar-refractivity contribution in [3.8, 4) is 6.07 Å². The molecule has 0 bridgehead atoms. The third-order valence-corrected chi connectivity index (χ3v) is 2.93. The number of hydrogen-bond donors (Lipinski definition) is 1. The van der Waals surface area contributed by atoms with Gasteiger partial charge in [0.2, 0.25) is 5.91 Å². The first-order valence-electron chi connectivity index (χ1n) is 5.61. The molecule has 1 fully saturated rings. The maximum Gasteiger partial charge on any atom is 0.339 e. The molecule has 0 aromatic heterocycles. The van der Waals surface area contributed by atoms with E-state index in [1.807, 2.05) is 6.07 Å². The third-order valence-electron chi connectivity index (χ3n) is 2.93. The van der Waals surface area contributed by atoms with Gasteiger partial charge >= 0.3 is 5.97 Å². The van der Waals surface area contributed by atoms with Crippen LogP contribution in [0.1, 0.15) is 10.4 Å². The fourth-order valence-corrected chi connectivity index (χ4v) is 1.67. The van der Waals surface area contributed by atoms with Gasteiger partial charge in [-0.15, -0.1) is 0 Å². The van der Waals surface area contributed by atoms with Gasteiger partial charge in [0.25, 0.3) is 0 Å². The van der Waals surface area contributed by atoms with Crippen LogP contribution >= 0.6 is 0 Å². The van der Waals surface area contributed by atoms with Crippen molar-refractivity contribution in [1.29, 1.82) is 5.26 Å². The summed E-state index contributed by atoms with van der Waals surface area (Å²) in [6.45, 7) is 0.130. The molecule has 2 rings (SSSR count). The van der Waals surface area contributed by atoms with Crippen molar-refractivity contribution >= 4 is 17.6 Å². The zero-order chi connectivity index (χ0) is 13.9. The summed E-state index contributed by atoms with van der Waals surface area (Å²) >= 11 is 0. The summed E-state index contributed by atoms with van der Waals surface area (Å²) in [6, 6.07) is 8.40. The fraction of sp³-hybridized carbons (Fsp3) is 0.308. The Labute approximate surface area is 109 Å². The molecule has 1 aliphatic heterocycles. The Morgan fingerprint density at radius 1 is 1.42 bits per heavy atom. The van der Waals surface area contributed by atoms with Gasteiger partial charge in [0, 0.05) is 0 Å². The quantitative estimate of drug-likeness (QED) is 0.817. The number of anilines is 1. The van der Waals surface area contributed by atoms with Crippen LogP contribution in [-0.2, 0) is 14.3 Å². The summed E-state index contributed by atoms with van der Waals surface area (Å²) in [5.74, 6) is -1.02. The van der Waals surface area contributed by atoms with E-state index < -0.39 is 17.3 Å².